The van der Waals surface area contributed by atoms with Crippen molar-refractivity contribution in [1.29, 1.82) is 0 Å². The maximum atomic E-state index is 13.9. The molecular formula is C16H16ClFN2O. The van der Waals surface area contributed by atoms with Gasteiger partial charge in [-0.3, -0.25) is 9.78 Å². The summed E-state index contributed by atoms with van der Waals surface area (Å²) in [7, 11) is 0. The Kier molecular flexibility index (Phi) is 4.70. The number of ketones is 1. The Bertz CT molecular complexity index is 675. The van der Waals surface area contributed by atoms with Crippen molar-refractivity contribution in [3.05, 3.63) is 53.6 Å². The molecule has 0 radical (unpaired) electrons. The van der Waals surface area contributed by atoms with Gasteiger partial charge in [0.2, 0.25) is 0 Å². The minimum absolute atomic E-state index is 0. The molecule has 2 aromatic rings. The van der Waals surface area contributed by atoms with Crippen LogP contribution in [-0.2, 0) is 17.6 Å². The number of Topliss-reactive ketones (excluding diaryl/α,β-unsaturated/α-hetero) is 1. The van der Waals surface area contributed by atoms with Gasteiger partial charge in [-0.05, 0) is 35.6 Å². The van der Waals surface area contributed by atoms with Crippen LogP contribution in [0, 0.1) is 5.82 Å². The molecule has 5 heteroatoms. The number of pyridine rings is 1. The van der Waals surface area contributed by atoms with Crippen LogP contribution < -0.4 is 5.73 Å². The van der Waals surface area contributed by atoms with E-state index < -0.39 is 6.04 Å². The molecule has 0 aliphatic heterocycles. The number of nitrogens with zero attached hydrogens (tertiary/aromatic N) is 1. The maximum absolute atomic E-state index is 13.9. The maximum Gasteiger partial charge on any atom is 0.153 e. The first-order valence-corrected chi connectivity index (χ1v) is 6.66. The summed E-state index contributed by atoms with van der Waals surface area (Å²) in [5.74, 6) is -0.354. The molecule has 110 valence electrons. The average Bonchev–Trinajstić information content (AvgIpc) is 2.59. The Morgan fingerprint density at radius 3 is 2.81 bits per heavy atom. The summed E-state index contributed by atoms with van der Waals surface area (Å²) in [5, 5.41) is 0. The number of rotatable bonds is 1. The molecule has 0 amide bonds. The first-order chi connectivity index (χ1) is 9.66. The second-order valence-electron chi connectivity index (χ2n) is 5.09. The van der Waals surface area contributed by atoms with Crippen molar-refractivity contribution in [2.75, 3.05) is 0 Å². The lowest BCUT2D eigenvalue weighted by molar-refractivity contribution is -0.119. The number of hydrogen-bond acceptors (Lipinski definition) is 3. The summed E-state index contributed by atoms with van der Waals surface area (Å²) in [4.78, 5) is 15.8. The van der Waals surface area contributed by atoms with Gasteiger partial charge in [0.05, 0.1) is 12.2 Å². The quantitative estimate of drug-likeness (QED) is 0.824. The molecule has 3 rings (SSSR count). The van der Waals surface area contributed by atoms with E-state index in [-0.39, 0.29) is 30.4 Å². The minimum atomic E-state index is -0.419. The van der Waals surface area contributed by atoms with Crippen molar-refractivity contribution in [2.45, 2.75) is 25.3 Å². The van der Waals surface area contributed by atoms with Crippen molar-refractivity contribution in [3.8, 4) is 11.1 Å². The number of carbonyl (C=O) groups excluding carboxylic acids is 1. The van der Waals surface area contributed by atoms with Crippen LogP contribution in [0.4, 0.5) is 4.39 Å². The summed E-state index contributed by atoms with van der Waals surface area (Å²) in [6.45, 7) is 0. The third-order valence-corrected chi connectivity index (χ3v) is 3.82. The Morgan fingerprint density at radius 2 is 2.05 bits per heavy atom. The molecule has 0 spiro atoms. The molecule has 0 saturated heterocycles. The van der Waals surface area contributed by atoms with Crippen molar-refractivity contribution < 1.29 is 9.18 Å². The lowest BCUT2D eigenvalue weighted by Crippen LogP contribution is -2.30. The Labute approximate surface area is 128 Å². The Morgan fingerprint density at radius 1 is 1.24 bits per heavy atom. The summed E-state index contributed by atoms with van der Waals surface area (Å²) in [6, 6.07) is 6.96. The van der Waals surface area contributed by atoms with Crippen LogP contribution in [0.2, 0.25) is 0 Å². The molecule has 1 aliphatic rings. The highest BCUT2D eigenvalue weighted by Gasteiger charge is 2.23. The van der Waals surface area contributed by atoms with Crippen LogP contribution in [0.5, 0.6) is 0 Å². The number of hydrogen-bond donors (Lipinski definition) is 1. The summed E-state index contributed by atoms with van der Waals surface area (Å²) in [5.41, 5.74) is 9.08. The van der Waals surface area contributed by atoms with Gasteiger partial charge in [-0.15, -0.1) is 12.4 Å². The number of benzene rings is 1. The molecule has 0 bridgehead atoms. The van der Waals surface area contributed by atoms with Crippen LogP contribution in [0.25, 0.3) is 11.1 Å². The van der Waals surface area contributed by atoms with E-state index >= 15 is 0 Å². The molecule has 1 aromatic carbocycles. The zero-order chi connectivity index (χ0) is 14.1. The third-order valence-electron chi connectivity index (χ3n) is 3.82. The number of aromatic nitrogens is 1. The van der Waals surface area contributed by atoms with Gasteiger partial charge in [0.25, 0.3) is 0 Å². The topological polar surface area (TPSA) is 56.0 Å². The van der Waals surface area contributed by atoms with E-state index in [0.29, 0.717) is 12.0 Å². The Hall–Kier alpha value is -1.78. The van der Waals surface area contributed by atoms with Crippen molar-refractivity contribution in [3.63, 3.8) is 0 Å². The second-order valence-corrected chi connectivity index (χ2v) is 5.09. The van der Waals surface area contributed by atoms with Gasteiger partial charge >= 0.3 is 0 Å². The molecule has 1 heterocycles. The highest BCUT2D eigenvalue weighted by Crippen LogP contribution is 2.31. The third kappa shape index (κ3) is 2.96. The van der Waals surface area contributed by atoms with E-state index in [0.717, 1.165) is 23.1 Å². The molecule has 2 N–H and O–H groups in total. The van der Waals surface area contributed by atoms with E-state index in [1.807, 2.05) is 18.2 Å². The first kappa shape index (κ1) is 15.6. The van der Waals surface area contributed by atoms with Gasteiger partial charge in [-0.2, -0.15) is 0 Å². The summed E-state index contributed by atoms with van der Waals surface area (Å²) in [6.07, 6.45) is 4.42. The fourth-order valence-corrected chi connectivity index (χ4v) is 2.70. The van der Waals surface area contributed by atoms with E-state index in [2.05, 4.69) is 4.98 Å². The zero-order valence-corrected chi connectivity index (χ0v) is 12.2. The van der Waals surface area contributed by atoms with Gasteiger partial charge in [0.1, 0.15) is 5.82 Å². The van der Waals surface area contributed by atoms with E-state index in [4.69, 9.17) is 5.73 Å². The Balaban J connectivity index is 0.00000161. The van der Waals surface area contributed by atoms with Gasteiger partial charge in [0, 0.05) is 18.2 Å². The van der Waals surface area contributed by atoms with Crippen molar-refractivity contribution in [2.24, 2.45) is 5.73 Å². The number of nitrogens with two attached hydrogens (primary N) is 1. The molecule has 1 aromatic heterocycles. The summed E-state index contributed by atoms with van der Waals surface area (Å²) < 4.78 is 13.9. The molecule has 0 saturated carbocycles. The predicted octanol–water partition coefficient (Wildman–Crippen LogP) is 2.69. The molecule has 0 fully saturated rings. The van der Waals surface area contributed by atoms with Gasteiger partial charge in [0.15, 0.2) is 5.78 Å². The standard InChI is InChI=1S/C16H15FN2O.ClH/c17-14-9-19-7-6-12(14)11-3-1-2-10-4-5-15(18)16(20)8-13(10)11;/h1-3,6-7,9,15H,4-5,8,18H2;1H. The number of fused-ring (bicyclic) bond motifs is 1. The van der Waals surface area contributed by atoms with Crippen LogP contribution in [0.3, 0.4) is 0 Å². The lowest BCUT2D eigenvalue weighted by Gasteiger charge is -2.12. The number of halogens is 2. The van der Waals surface area contributed by atoms with Crippen LogP contribution in [-0.4, -0.2) is 16.8 Å². The molecule has 3 nitrogen and oxygen atoms in total. The van der Waals surface area contributed by atoms with Crippen LogP contribution in [0.1, 0.15) is 17.5 Å². The fourth-order valence-electron chi connectivity index (χ4n) is 2.70. The van der Waals surface area contributed by atoms with Crippen molar-refractivity contribution in [1.82, 2.24) is 4.98 Å². The second kappa shape index (κ2) is 6.33. The first-order valence-electron chi connectivity index (χ1n) is 6.66. The van der Waals surface area contributed by atoms with E-state index in [1.54, 1.807) is 12.3 Å². The zero-order valence-electron chi connectivity index (χ0n) is 11.4. The van der Waals surface area contributed by atoms with Crippen LogP contribution in [0.15, 0.2) is 36.7 Å². The molecule has 1 aliphatic carbocycles. The fraction of sp³-hybridized carbons (Fsp3) is 0.250. The molecule has 21 heavy (non-hydrogen) atoms. The van der Waals surface area contributed by atoms with E-state index in [1.165, 1.54) is 6.20 Å². The van der Waals surface area contributed by atoms with Gasteiger partial charge in [-0.25, -0.2) is 4.39 Å². The largest absolute Gasteiger partial charge is 0.321 e. The highest BCUT2D eigenvalue weighted by molar-refractivity contribution is 5.89. The molecular weight excluding hydrogens is 291 g/mol. The SMILES string of the molecule is Cl.NC1CCc2cccc(-c3ccncc3F)c2CC1=O. The number of carbonyl (C=O) groups is 1. The average molecular weight is 307 g/mol. The minimum Gasteiger partial charge on any atom is -0.321 e. The van der Waals surface area contributed by atoms with E-state index in [9.17, 15) is 9.18 Å². The highest BCUT2D eigenvalue weighted by atomic mass is 35.5. The van der Waals surface area contributed by atoms with Gasteiger partial charge < -0.3 is 5.73 Å². The monoisotopic (exact) mass is 306 g/mol. The molecule has 1 unspecified atom stereocenters. The predicted molar refractivity (Wildman–Crippen MR) is 81.9 cm³/mol. The van der Waals surface area contributed by atoms with Crippen molar-refractivity contribution >= 4 is 18.2 Å². The lowest BCUT2D eigenvalue weighted by atomic mass is 9.92. The molecule has 1 atom stereocenters. The number of aryl methyl sites for hydroxylation is 1. The van der Waals surface area contributed by atoms with Crippen LogP contribution >= 0.6 is 12.4 Å². The normalized spacial score (nSPS) is 17.6. The smallest absolute Gasteiger partial charge is 0.153 e. The van der Waals surface area contributed by atoms with Gasteiger partial charge in [-0.1, -0.05) is 18.2 Å². The summed E-state index contributed by atoms with van der Waals surface area (Å²) >= 11 is 0.